The van der Waals surface area contributed by atoms with Crippen molar-refractivity contribution in [3.63, 3.8) is 0 Å². The Morgan fingerprint density at radius 1 is 1.26 bits per heavy atom. The lowest BCUT2D eigenvalue weighted by atomic mass is 10.1. The van der Waals surface area contributed by atoms with Crippen LogP contribution in [0, 0.1) is 19.7 Å². The predicted molar refractivity (Wildman–Crippen MR) is 75.2 cm³/mol. The van der Waals surface area contributed by atoms with Crippen molar-refractivity contribution in [2.45, 2.75) is 26.7 Å². The molecule has 4 heteroatoms. The second kappa shape index (κ2) is 5.97. The smallest absolute Gasteiger partial charge is 0.148 e. The van der Waals surface area contributed by atoms with Crippen molar-refractivity contribution in [1.82, 2.24) is 15.1 Å². The number of aromatic nitrogens is 2. The molecule has 102 valence electrons. The van der Waals surface area contributed by atoms with Crippen LogP contribution in [0.2, 0.25) is 0 Å². The molecule has 0 aliphatic rings. The summed E-state index contributed by atoms with van der Waals surface area (Å²) in [5.74, 6) is -0.241. The predicted octanol–water partition coefficient (Wildman–Crippen LogP) is 2.78. The summed E-state index contributed by atoms with van der Waals surface area (Å²) in [7, 11) is 1.95. The van der Waals surface area contributed by atoms with Gasteiger partial charge in [0.05, 0.1) is 5.69 Å². The van der Waals surface area contributed by atoms with Crippen LogP contribution < -0.4 is 5.32 Å². The lowest BCUT2D eigenvalue weighted by Crippen LogP contribution is -2.09. The molecule has 0 atom stereocenters. The molecule has 1 aromatic carbocycles. The van der Waals surface area contributed by atoms with Gasteiger partial charge < -0.3 is 5.32 Å². The highest BCUT2D eigenvalue weighted by atomic mass is 19.1. The van der Waals surface area contributed by atoms with Crippen LogP contribution in [0.5, 0.6) is 0 Å². The van der Waals surface area contributed by atoms with E-state index in [9.17, 15) is 4.39 Å². The Morgan fingerprint density at radius 2 is 2.00 bits per heavy atom. The average Bonchev–Trinajstić information content (AvgIpc) is 2.67. The molecule has 0 spiro atoms. The number of aryl methyl sites for hydroxylation is 1. The molecule has 1 heterocycles. The first-order valence-electron chi connectivity index (χ1n) is 6.59. The van der Waals surface area contributed by atoms with Crippen molar-refractivity contribution >= 4 is 0 Å². The summed E-state index contributed by atoms with van der Waals surface area (Å²) in [5, 5.41) is 7.61. The number of hydrogen-bond donors (Lipinski definition) is 1. The van der Waals surface area contributed by atoms with Gasteiger partial charge in [0.25, 0.3) is 0 Å². The van der Waals surface area contributed by atoms with Gasteiger partial charge in [0.15, 0.2) is 0 Å². The summed E-state index contributed by atoms with van der Waals surface area (Å²) >= 11 is 0. The largest absolute Gasteiger partial charge is 0.320 e. The van der Waals surface area contributed by atoms with Crippen LogP contribution in [0.25, 0.3) is 5.69 Å². The summed E-state index contributed by atoms with van der Waals surface area (Å²) in [6, 6.07) is 6.74. The van der Waals surface area contributed by atoms with Crippen LogP contribution in [-0.4, -0.2) is 23.4 Å². The number of halogens is 1. The number of nitrogens with zero attached hydrogens (tertiary/aromatic N) is 2. The minimum absolute atomic E-state index is 0.241. The number of para-hydroxylation sites is 1. The Labute approximate surface area is 113 Å². The maximum absolute atomic E-state index is 13.8. The molecule has 0 radical (unpaired) electrons. The van der Waals surface area contributed by atoms with Crippen LogP contribution in [0.1, 0.15) is 23.4 Å². The van der Waals surface area contributed by atoms with Crippen molar-refractivity contribution in [3.8, 4) is 5.69 Å². The molecule has 19 heavy (non-hydrogen) atoms. The molecular formula is C15H20FN3. The SMILES string of the molecule is CNCCCc1c(C)nn(-c2ccccc2F)c1C. The molecule has 0 aliphatic heterocycles. The first-order valence-corrected chi connectivity index (χ1v) is 6.59. The van der Waals surface area contributed by atoms with Gasteiger partial charge in [0, 0.05) is 5.69 Å². The fraction of sp³-hybridized carbons (Fsp3) is 0.400. The van der Waals surface area contributed by atoms with E-state index in [0.717, 1.165) is 30.8 Å². The van der Waals surface area contributed by atoms with Gasteiger partial charge in [-0.3, -0.25) is 0 Å². The molecule has 1 aromatic heterocycles. The van der Waals surface area contributed by atoms with E-state index in [1.165, 1.54) is 11.6 Å². The van der Waals surface area contributed by atoms with Gasteiger partial charge in [0.1, 0.15) is 11.5 Å². The Bertz CT molecular complexity index is 561. The summed E-state index contributed by atoms with van der Waals surface area (Å²) in [6.07, 6.45) is 2.02. The molecule has 2 aromatic rings. The molecule has 1 N–H and O–H groups in total. The van der Waals surface area contributed by atoms with Gasteiger partial charge in [-0.2, -0.15) is 5.10 Å². The van der Waals surface area contributed by atoms with Crippen molar-refractivity contribution in [2.75, 3.05) is 13.6 Å². The van der Waals surface area contributed by atoms with Gasteiger partial charge in [-0.1, -0.05) is 12.1 Å². The van der Waals surface area contributed by atoms with Crippen molar-refractivity contribution in [2.24, 2.45) is 0 Å². The van der Waals surface area contributed by atoms with E-state index in [1.807, 2.05) is 27.0 Å². The zero-order chi connectivity index (χ0) is 13.8. The lowest BCUT2D eigenvalue weighted by molar-refractivity contribution is 0.608. The van der Waals surface area contributed by atoms with Gasteiger partial charge >= 0.3 is 0 Å². The number of hydrogen-bond acceptors (Lipinski definition) is 2. The maximum Gasteiger partial charge on any atom is 0.148 e. The van der Waals surface area contributed by atoms with E-state index in [4.69, 9.17) is 0 Å². The van der Waals surface area contributed by atoms with E-state index < -0.39 is 0 Å². The monoisotopic (exact) mass is 261 g/mol. The Morgan fingerprint density at radius 3 is 2.68 bits per heavy atom. The molecule has 0 bridgehead atoms. The minimum atomic E-state index is -0.241. The first-order chi connectivity index (χ1) is 9.15. The standard InChI is InChI=1S/C15H20FN3/c1-11-13(7-6-10-17-3)12(2)19(18-11)15-9-5-4-8-14(15)16/h4-5,8-9,17H,6-7,10H2,1-3H3. The van der Waals surface area contributed by atoms with Crippen LogP contribution in [0.3, 0.4) is 0 Å². The number of rotatable bonds is 5. The fourth-order valence-electron chi connectivity index (χ4n) is 2.34. The first kappa shape index (κ1) is 13.7. The van der Waals surface area contributed by atoms with E-state index in [2.05, 4.69) is 10.4 Å². The maximum atomic E-state index is 13.8. The van der Waals surface area contributed by atoms with Gasteiger partial charge in [-0.25, -0.2) is 9.07 Å². The highest BCUT2D eigenvalue weighted by molar-refractivity contribution is 5.38. The Balaban J connectivity index is 2.33. The average molecular weight is 261 g/mol. The topological polar surface area (TPSA) is 29.9 Å². The van der Waals surface area contributed by atoms with Crippen LogP contribution >= 0.6 is 0 Å². The quantitative estimate of drug-likeness (QED) is 0.839. The van der Waals surface area contributed by atoms with E-state index in [0.29, 0.717) is 5.69 Å². The van der Waals surface area contributed by atoms with Crippen molar-refractivity contribution in [3.05, 3.63) is 47.0 Å². The second-order valence-corrected chi connectivity index (χ2v) is 4.72. The molecule has 3 nitrogen and oxygen atoms in total. The van der Waals surface area contributed by atoms with Gasteiger partial charge in [-0.15, -0.1) is 0 Å². The van der Waals surface area contributed by atoms with Crippen LogP contribution in [0.4, 0.5) is 4.39 Å². The fourth-order valence-corrected chi connectivity index (χ4v) is 2.34. The highest BCUT2D eigenvalue weighted by Crippen LogP contribution is 2.20. The third-order valence-corrected chi connectivity index (χ3v) is 3.38. The molecule has 2 rings (SSSR count). The summed E-state index contributed by atoms with van der Waals surface area (Å²) in [5.41, 5.74) is 3.75. The Hall–Kier alpha value is -1.68. The van der Waals surface area contributed by atoms with Crippen molar-refractivity contribution in [1.29, 1.82) is 0 Å². The lowest BCUT2D eigenvalue weighted by Gasteiger charge is -2.06. The summed E-state index contributed by atoms with van der Waals surface area (Å²) < 4.78 is 15.5. The number of benzene rings is 1. The zero-order valence-electron chi connectivity index (χ0n) is 11.7. The van der Waals surface area contributed by atoms with Gasteiger partial charge in [-0.05, 0) is 58.0 Å². The second-order valence-electron chi connectivity index (χ2n) is 4.72. The molecule has 0 fully saturated rings. The summed E-state index contributed by atoms with van der Waals surface area (Å²) in [6.45, 7) is 4.96. The van der Waals surface area contributed by atoms with Crippen LogP contribution in [0.15, 0.2) is 24.3 Å². The number of nitrogens with one attached hydrogen (secondary N) is 1. The van der Waals surface area contributed by atoms with E-state index >= 15 is 0 Å². The molecule has 0 amide bonds. The molecule has 0 saturated carbocycles. The highest BCUT2D eigenvalue weighted by Gasteiger charge is 2.14. The zero-order valence-corrected chi connectivity index (χ0v) is 11.7. The molecular weight excluding hydrogens is 241 g/mol. The van der Waals surface area contributed by atoms with Crippen molar-refractivity contribution < 1.29 is 4.39 Å². The van der Waals surface area contributed by atoms with Gasteiger partial charge in [0.2, 0.25) is 0 Å². The third kappa shape index (κ3) is 2.84. The normalized spacial score (nSPS) is 10.9. The minimum Gasteiger partial charge on any atom is -0.320 e. The molecule has 0 aliphatic carbocycles. The van der Waals surface area contributed by atoms with Crippen LogP contribution in [-0.2, 0) is 6.42 Å². The van der Waals surface area contributed by atoms with E-state index in [1.54, 1.807) is 16.8 Å². The summed E-state index contributed by atoms with van der Waals surface area (Å²) in [4.78, 5) is 0. The van der Waals surface area contributed by atoms with E-state index in [-0.39, 0.29) is 5.82 Å². The molecule has 0 saturated heterocycles. The Kier molecular flexibility index (Phi) is 4.32. The molecule has 0 unspecified atom stereocenters. The third-order valence-electron chi connectivity index (χ3n) is 3.38.